The molecule has 0 aromatic carbocycles. The van der Waals surface area contributed by atoms with Crippen molar-refractivity contribution < 1.29 is 14.7 Å². The molecule has 2 aliphatic heterocycles. The number of carboxylic acid groups (broad SMARTS) is 1. The number of nitrogens with zero attached hydrogens (tertiary/aromatic N) is 3. The van der Waals surface area contributed by atoms with Gasteiger partial charge < -0.3 is 20.6 Å². The monoisotopic (exact) mass is 332 g/mol. The summed E-state index contributed by atoms with van der Waals surface area (Å²) in [4.78, 5) is 31.6. The second-order valence-electron chi connectivity index (χ2n) is 7.82. The highest BCUT2D eigenvalue weighted by molar-refractivity contribution is 5.94. The molecule has 0 spiro atoms. The van der Waals surface area contributed by atoms with Gasteiger partial charge >= 0.3 is 6.09 Å². The molecule has 130 valence electrons. The Bertz CT molecular complexity index is 653. The Hall–Kier alpha value is -2.31. The third kappa shape index (κ3) is 2.79. The van der Waals surface area contributed by atoms with Crippen molar-refractivity contribution >= 4 is 23.5 Å². The van der Waals surface area contributed by atoms with E-state index in [1.54, 1.807) is 23.2 Å². The van der Waals surface area contributed by atoms with Gasteiger partial charge in [0, 0.05) is 25.6 Å². The van der Waals surface area contributed by atoms with Gasteiger partial charge in [-0.25, -0.2) is 9.78 Å². The van der Waals surface area contributed by atoms with Crippen molar-refractivity contribution in [1.29, 1.82) is 0 Å². The van der Waals surface area contributed by atoms with Crippen LogP contribution in [0.2, 0.25) is 0 Å². The molecule has 0 saturated carbocycles. The lowest BCUT2D eigenvalue weighted by Crippen LogP contribution is -2.49. The molecule has 0 bridgehead atoms. The summed E-state index contributed by atoms with van der Waals surface area (Å²) in [5, 5.41) is 9.58. The third-order valence-electron chi connectivity index (χ3n) is 5.12. The minimum atomic E-state index is -0.905. The molecule has 1 aromatic heterocycles. The zero-order valence-corrected chi connectivity index (χ0v) is 14.3. The van der Waals surface area contributed by atoms with Gasteiger partial charge in [0.1, 0.15) is 5.82 Å². The molecule has 24 heavy (non-hydrogen) atoms. The molecule has 0 aliphatic carbocycles. The molecule has 2 fully saturated rings. The van der Waals surface area contributed by atoms with Crippen LogP contribution in [-0.4, -0.2) is 46.1 Å². The van der Waals surface area contributed by atoms with Crippen LogP contribution in [0.4, 0.5) is 16.3 Å². The minimum Gasteiger partial charge on any atom is -0.465 e. The van der Waals surface area contributed by atoms with E-state index in [1.807, 2.05) is 20.8 Å². The summed E-state index contributed by atoms with van der Waals surface area (Å²) in [6.45, 7) is 7.10. The van der Waals surface area contributed by atoms with Gasteiger partial charge in [0.15, 0.2) is 0 Å². The molecule has 0 radical (unpaired) electrons. The lowest BCUT2D eigenvalue weighted by molar-refractivity contribution is -0.121. The Morgan fingerprint density at radius 3 is 2.58 bits per heavy atom. The van der Waals surface area contributed by atoms with Crippen molar-refractivity contribution in [2.24, 2.45) is 17.3 Å². The molecular formula is C17H24N4O3. The summed E-state index contributed by atoms with van der Waals surface area (Å²) in [5.74, 6) is 0.628. The number of rotatable bonds is 1. The van der Waals surface area contributed by atoms with E-state index in [-0.39, 0.29) is 29.2 Å². The van der Waals surface area contributed by atoms with E-state index in [0.717, 1.165) is 0 Å². The zero-order chi connectivity index (χ0) is 17.6. The number of amides is 2. The first kappa shape index (κ1) is 16.5. The highest BCUT2D eigenvalue weighted by Crippen LogP contribution is 2.44. The maximum atomic E-state index is 12.7. The van der Waals surface area contributed by atoms with Gasteiger partial charge in [0.25, 0.3) is 0 Å². The molecular weight excluding hydrogens is 308 g/mol. The Morgan fingerprint density at radius 2 is 2.04 bits per heavy atom. The lowest BCUT2D eigenvalue weighted by atomic mass is 9.73. The number of likely N-dealkylation sites (tertiary alicyclic amines) is 1. The summed E-state index contributed by atoms with van der Waals surface area (Å²) >= 11 is 0. The molecule has 1 aromatic rings. The molecule has 7 nitrogen and oxygen atoms in total. The number of nitrogen functional groups attached to an aromatic ring is 1. The van der Waals surface area contributed by atoms with Crippen LogP contribution in [0, 0.1) is 17.3 Å². The minimum absolute atomic E-state index is 0.0179. The van der Waals surface area contributed by atoms with Crippen LogP contribution in [0.15, 0.2) is 18.3 Å². The first-order valence-electron chi connectivity index (χ1n) is 8.20. The van der Waals surface area contributed by atoms with Crippen LogP contribution >= 0.6 is 0 Å². The first-order chi connectivity index (χ1) is 11.2. The van der Waals surface area contributed by atoms with E-state index < -0.39 is 6.09 Å². The number of piperidine rings is 1. The van der Waals surface area contributed by atoms with Crippen molar-refractivity contribution in [2.45, 2.75) is 33.2 Å². The van der Waals surface area contributed by atoms with Crippen molar-refractivity contribution in [3.05, 3.63) is 18.3 Å². The predicted octanol–water partition coefficient (Wildman–Crippen LogP) is 2.04. The van der Waals surface area contributed by atoms with E-state index in [4.69, 9.17) is 5.73 Å². The molecule has 2 aliphatic rings. The van der Waals surface area contributed by atoms with Gasteiger partial charge in [0.05, 0.1) is 11.9 Å². The molecule has 3 atom stereocenters. The smallest absolute Gasteiger partial charge is 0.407 e. The van der Waals surface area contributed by atoms with E-state index in [9.17, 15) is 14.7 Å². The van der Waals surface area contributed by atoms with Crippen LogP contribution in [-0.2, 0) is 4.79 Å². The number of carbonyl (C=O) groups is 2. The highest BCUT2D eigenvalue weighted by atomic mass is 16.4. The largest absolute Gasteiger partial charge is 0.465 e. The summed E-state index contributed by atoms with van der Waals surface area (Å²) in [7, 11) is 0. The molecule has 7 heteroatoms. The standard InChI is InChI=1S/C17H24N4O3/c1-17(2,3)15-12-6-14(22)20(11-4-5-13(18)19-7-11)8-10(12)9-21(15)16(23)24/h4-5,7,10,12,15H,6,8-9H2,1-3H3,(H2,18,19)(H,23,24)/t10-,12-,15?/m1/s1. The van der Waals surface area contributed by atoms with E-state index in [0.29, 0.717) is 31.0 Å². The third-order valence-corrected chi connectivity index (χ3v) is 5.12. The Labute approximate surface area is 141 Å². The van der Waals surface area contributed by atoms with Crippen LogP contribution in [0.3, 0.4) is 0 Å². The van der Waals surface area contributed by atoms with Crippen molar-refractivity contribution in [3.63, 3.8) is 0 Å². The summed E-state index contributed by atoms with van der Waals surface area (Å²) in [6.07, 6.45) is 1.05. The van der Waals surface area contributed by atoms with Gasteiger partial charge in [-0.05, 0) is 29.4 Å². The maximum Gasteiger partial charge on any atom is 0.407 e. The second-order valence-corrected chi connectivity index (χ2v) is 7.82. The Morgan fingerprint density at radius 1 is 1.33 bits per heavy atom. The first-order valence-corrected chi connectivity index (χ1v) is 8.20. The zero-order valence-electron chi connectivity index (χ0n) is 14.3. The average molecular weight is 332 g/mol. The van der Waals surface area contributed by atoms with Gasteiger partial charge in [-0.2, -0.15) is 0 Å². The lowest BCUT2D eigenvalue weighted by Gasteiger charge is -2.40. The maximum absolute atomic E-state index is 12.7. The Balaban J connectivity index is 1.87. The van der Waals surface area contributed by atoms with E-state index in [1.165, 1.54) is 4.90 Å². The number of fused-ring (bicyclic) bond motifs is 1. The number of carbonyl (C=O) groups excluding carboxylic acids is 1. The second kappa shape index (κ2) is 5.65. The Kier molecular flexibility index (Phi) is 3.89. The number of anilines is 2. The average Bonchev–Trinajstić information content (AvgIpc) is 2.86. The van der Waals surface area contributed by atoms with Gasteiger partial charge in [-0.1, -0.05) is 20.8 Å². The van der Waals surface area contributed by atoms with E-state index >= 15 is 0 Å². The van der Waals surface area contributed by atoms with Crippen molar-refractivity contribution in [1.82, 2.24) is 9.88 Å². The van der Waals surface area contributed by atoms with Crippen LogP contribution in [0.1, 0.15) is 27.2 Å². The van der Waals surface area contributed by atoms with Crippen molar-refractivity contribution in [2.75, 3.05) is 23.7 Å². The summed E-state index contributed by atoms with van der Waals surface area (Å²) in [6, 6.07) is 3.31. The van der Waals surface area contributed by atoms with E-state index in [2.05, 4.69) is 4.98 Å². The summed E-state index contributed by atoms with van der Waals surface area (Å²) < 4.78 is 0. The van der Waals surface area contributed by atoms with Gasteiger partial charge in [-0.15, -0.1) is 0 Å². The van der Waals surface area contributed by atoms with Gasteiger partial charge in [0.2, 0.25) is 5.91 Å². The predicted molar refractivity (Wildman–Crippen MR) is 90.6 cm³/mol. The SMILES string of the molecule is CC(C)(C)C1[C@@H]2CC(=O)N(c3ccc(N)nc3)C[C@@H]2CN1C(=O)O. The van der Waals surface area contributed by atoms with Crippen LogP contribution in [0.25, 0.3) is 0 Å². The van der Waals surface area contributed by atoms with Gasteiger partial charge in [-0.3, -0.25) is 4.79 Å². The molecule has 3 heterocycles. The number of pyridine rings is 1. The normalized spacial score (nSPS) is 27.3. The number of hydrogen-bond acceptors (Lipinski definition) is 4. The fourth-order valence-electron chi connectivity index (χ4n) is 4.22. The van der Waals surface area contributed by atoms with Crippen LogP contribution in [0.5, 0.6) is 0 Å². The molecule has 2 saturated heterocycles. The van der Waals surface area contributed by atoms with Crippen molar-refractivity contribution in [3.8, 4) is 0 Å². The fraction of sp³-hybridized carbons (Fsp3) is 0.588. The number of aromatic nitrogens is 1. The molecule has 3 N–H and O–H groups in total. The highest BCUT2D eigenvalue weighted by Gasteiger charge is 2.52. The number of hydrogen-bond donors (Lipinski definition) is 2. The van der Waals surface area contributed by atoms with Crippen LogP contribution < -0.4 is 10.6 Å². The topological polar surface area (TPSA) is 99.8 Å². The number of nitrogens with two attached hydrogens (primary N) is 1. The molecule has 2 amide bonds. The quantitative estimate of drug-likeness (QED) is 0.820. The molecule has 1 unspecified atom stereocenters. The fourth-order valence-corrected chi connectivity index (χ4v) is 4.22. The summed E-state index contributed by atoms with van der Waals surface area (Å²) in [5.41, 5.74) is 6.12. The molecule has 3 rings (SSSR count).